The molecular formula is C15H11BF6KNO. The number of halogens is 6. The molecule has 0 saturated carbocycles. The van der Waals surface area contributed by atoms with Gasteiger partial charge in [0.2, 0.25) is 0 Å². The number of carbonyl (C=O) groups is 1. The minimum Gasteiger partial charge on any atom is -0.445 e. The summed E-state index contributed by atoms with van der Waals surface area (Å²) in [6.45, 7) is -4.03. The van der Waals surface area contributed by atoms with Crippen LogP contribution in [0.25, 0.3) is 0 Å². The summed E-state index contributed by atoms with van der Waals surface area (Å²) in [4.78, 5) is 12.0. The monoisotopic (exact) mass is 385 g/mol. The molecule has 0 heterocycles. The third kappa shape index (κ3) is 5.85. The number of nitrogens with one attached hydrogen (secondary N) is 1. The fourth-order valence-corrected chi connectivity index (χ4v) is 2.11. The summed E-state index contributed by atoms with van der Waals surface area (Å²) >= 11 is 0. The predicted octanol–water partition coefficient (Wildman–Crippen LogP) is 1.32. The van der Waals surface area contributed by atoms with Crippen LogP contribution in [0.2, 0.25) is 0 Å². The SMILES string of the molecule is Cc1ccc(C(=O)Nc2cccc(C(F)(F)F)c2)cc1[B-](F)(F)F.[K+]. The van der Waals surface area contributed by atoms with Gasteiger partial charge in [-0.25, -0.2) is 0 Å². The third-order valence-corrected chi connectivity index (χ3v) is 3.34. The molecule has 2 rings (SSSR count). The molecule has 0 radical (unpaired) electrons. The molecule has 0 aliphatic rings. The van der Waals surface area contributed by atoms with Gasteiger partial charge in [0.25, 0.3) is 5.91 Å². The first-order valence-electron chi connectivity index (χ1n) is 6.77. The standard InChI is InChI=1S/C15H11BF6NO.K/c1-9-5-6-10(7-13(9)16(20,21)22)14(24)23-12-4-2-3-11(8-12)15(17,18)19;/h2-8H,1H3,(H,23,24);/q-1;+1. The Morgan fingerprint density at radius 2 is 1.68 bits per heavy atom. The van der Waals surface area contributed by atoms with Crippen LogP contribution in [0.4, 0.5) is 31.8 Å². The first kappa shape index (κ1) is 22.2. The Kier molecular flexibility index (Phi) is 7.34. The number of anilines is 1. The van der Waals surface area contributed by atoms with Crippen molar-refractivity contribution in [2.75, 3.05) is 5.32 Å². The first-order chi connectivity index (χ1) is 11.0. The van der Waals surface area contributed by atoms with Gasteiger partial charge in [0.05, 0.1) is 5.56 Å². The zero-order chi connectivity index (χ0) is 18.1. The third-order valence-electron chi connectivity index (χ3n) is 3.34. The summed E-state index contributed by atoms with van der Waals surface area (Å²) in [5.74, 6) is -0.921. The van der Waals surface area contributed by atoms with Crippen molar-refractivity contribution >= 4 is 24.0 Å². The van der Waals surface area contributed by atoms with Gasteiger partial charge >= 0.3 is 64.5 Å². The molecule has 0 fully saturated rings. The van der Waals surface area contributed by atoms with Crippen LogP contribution in [0.15, 0.2) is 42.5 Å². The summed E-state index contributed by atoms with van der Waals surface area (Å²) in [7, 11) is 0. The van der Waals surface area contributed by atoms with E-state index in [0.29, 0.717) is 12.1 Å². The molecule has 0 aliphatic heterocycles. The molecule has 2 nitrogen and oxygen atoms in total. The van der Waals surface area contributed by atoms with E-state index < -0.39 is 30.1 Å². The number of carbonyl (C=O) groups excluding carboxylic acids is 1. The van der Waals surface area contributed by atoms with Crippen molar-refractivity contribution < 1.29 is 82.3 Å². The first-order valence-corrected chi connectivity index (χ1v) is 6.77. The van der Waals surface area contributed by atoms with E-state index in [1.54, 1.807) is 0 Å². The van der Waals surface area contributed by atoms with E-state index in [2.05, 4.69) is 5.32 Å². The molecule has 0 unspecified atom stereocenters. The van der Waals surface area contributed by atoms with E-state index in [-0.39, 0.29) is 68.2 Å². The fourth-order valence-electron chi connectivity index (χ4n) is 2.11. The van der Waals surface area contributed by atoms with Gasteiger partial charge in [-0.1, -0.05) is 23.8 Å². The molecule has 2 aromatic carbocycles. The van der Waals surface area contributed by atoms with Crippen molar-refractivity contribution in [3.8, 4) is 0 Å². The van der Waals surface area contributed by atoms with Gasteiger partial charge < -0.3 is 18.3 Å². The molecule has 25 heavy (non-hydrogen) atoms. The van der Waals surface area contributed by atoms with Crippen LogP contribution in [0.5, 0.6) is 0 Å². The number of hydrogen-bond acceptors (Lipinski definition) is 1. The van der Waals surface area contributed by atoms with Crippen LogP contribution in [0.3, 0.4) is 0 Å². The van der Waals surface area contributed by atoms with E-state index in [1.165, 1.54) is 19.1 Å². The molecule has 128 valence electrons. The van der Waals surface area contributed by atoms with Crippen molar-refractivity contribution in [3.05, 3.63) is 59.2 Å². The minimum absolute atomic E-state index is 0. The largest absolute Gasteiger partial charge is 1.00 e. The van der Waals surface area contributed by atoms with Crippen molar-refractivity contribution in [1.29, 1.82) is 0 Å². The maximum atomic E-state index is 12.9. The van der Waals surface area contributed by atoms with Gasteiger partial charge in [0, 0.05) is 11.3 Å². The molecule has 0 aliphatic carbocycles. The summed E-state index contributed by atoms with van der Waals surface area (Å²) in [6, 6.07) is 6.87. The average molecular weight is 385 g/mol. The van der Waals surface area contributed by atoms with E-state index in [0.717, 1.165) is 18.2 Å². The number of amides is 1. The second-order valence-electron chi connectivity index (χ2n) is 5.18. The smallest absolute Gasteiger partial charge is 0.445 e. The normalized spacial score (nSPS) is 11.6. The van der Waals surface area contributed by atoms with Crippen molar-refractivity contribution in [2.45, 2.75) is 13.1 Å². The van der Waals surface area contributed by atoms with E-state index in [1.807, 2.05) is 0 Å². The topological polar surface area (TPSA) is 29.1 Å². The number of benzene rings is 2. The van der Waals surface area contributed by atoms with Crippen LogP contribution in [0.1, 0.15) is 21.5 Å². The van der Waals surface area contributed by atoms with Crippen molar-refractivity contribution in [1.82, 2.24) is 0 Å². The van der Waals surface area contributed by atoms with Crippen LogP contribution >= 0.6 is 0 Å². The zero-order valence-corrected chi connectivity index (χ0v) is 16.4. The zero-order valence-electron chi connectivity index (χ0n) is 13.3. The Hall–Kier alpha value is -0.809. The summed E-state index contributed by atoms with van der Waals surface area (Å²) < 4.78 is 76.6. The van der Waals surface area contributed by atoms with Gasteiger partial charge in [-0.3, -0.25) is 4.79 Å². The average Bonchev–Trinajstić information content (AvgIpc) is 2.45. The van der Waals surface area contributed by atoms with E-state index >= 15 is 0 Å². The Bertz CT molecular complexity index is 775. The van der Waals surface area contributed by atoms with Crippen LogP contribution in [-0.4, -0.2) is 12.9 Å². The molecule has 0 spiro atoms. The van der Waals surface area contributed by atoms with Gasteiger partial charge in [-0.15, -0.1) is 5.46 Å². The number of hydrogen-bond donors (Lipinski definition) is 1. The summed E-state index contributed by atoms with van der Waals surface area (Å²) in [5, 5.41) is 2.17. The Morgan fingerprint density at radius 3 is 2.24 bits per heavy atom. The van der Waals surface area contributed by atoms with Gasteiger partial charge in [0.1, 0.15) is 0 Å². The minimum atomic E-state index is -5.30. The van der Waals surface area contributed by atoms with Crippen molar-refractivity contribution in [2.24, 2.45) is 0 Å². The Morgan fingerprint density at radius 1 is 1.04 bits per heavy atom. The maximum Gasteiger partial charge on any atom is 1.00 e. The van der Waals surface area contributed by atoms with Crippen LogP contribution in [-0.2, 0) is 6.18 Å². The molecule has 0 atom stereocenters. The second-order valence-corrected chi connectivity index (χ2v) is 5.18. The fraction of sp³-hybridized carbons (Fsp3) is 0.133. The number of aryl methyl sites for hydroxylation is 1. The van der Waals surface area contributed by atoms with Gasteiger partial charge in [-0.05, 0) is 31.2 Å². The van der Waals surface area contributed by atoms with Crippen molar-refractivity contribution in [3.63, 3.8) is 0 Å². The van der Waals surface area contributed by atoms with E-state index in [4.69, 9.17) is 0 Å². The molecule has 1 N–H and O–H groups in total. The molecule has 0 bridgehead atoms. The van der Waals surface area contributed by atoms with Crippen LogP contribution in [0, 0.1) is 6.92 Å². The molecule has 0 saturated heterocycles. The molecule has 1 amide bonds. The predicted molar refractivity (Wildman–Crippen MR) is 79.3 cm³/mol. The van der Waals surface area contributed by atoms with E-state index in [9.17, 15) is 30.9 Å². The Labute approximate surface area is 182 Å². The van der Waals surface area contributed by atoms with Gasteiger partial charge in [0.15, 0.2) is 0 Å². The number of alkyl halides is 3. The van der Waals surface area contributed by atoms with Gasteiger partial charge in [-0.2, -0.15) is 13.2 Å². The second kappa shape index (κ2) is 8.26. The summed E-state index contributed by atoms with van der Waals surface area (Å²) in [6.07, 6.45) is -4.59. The number of rotatable bonds is 3. The Balaban J connectivity index is 0.00000312. The maximum absolute atomic E-state index is 12.9. The summed E-state index contributed by atoms with van der Waals surface area (Å²) in [5.41, 5.74) is -2.35. The van der Waals surface area contributed by atoms with Crippen LogP contribution < -0.4 is 62.2 Å². The molecule has 10 heteroatoms. The molecular weight excluding hydrogens is 374 g/mol. The molecule has 0 aromatic heterocycles. The molecule has 2 aromatic rings. The quantitative estimate of drug-likeness (QED) is 0.627.